The molecule has 7 atom stereocenters. The molecule has 2 aliphatic heterocycles. The number of nitrogens with one attached hydrogen (secondary N) is 1. The van der Waals surface area contributed by atoms with Crippen LogP contribution in [0.25, 0.3) is 0 Å². The Morgan fingerprint density at radius 1 is 0.978 bits per heavy atom. The number of amides is 2. The first-order chi connectivity index (χ1) is 22.0. The maximum absolute atomic E-state index is 14.1. The Labute approximate surface area is 278 Å². The molecule has 1 saturated heterocycles. The summed E-state index contributed by atoms with van der Waals surface area (Å²) >= 11 is 6.34. The highest BCUT2D eigenvalue weighted by Crippen LogP contribution is 2.69. The van der Waals surface area contributed by atoms with Crippen LogP contribution < -0.4 is 14.5 Å². The summed E-state index contributed by atoms with van der Waals surface area (Å²) < 4.78 is 47.9. The van der Waals surface area contributed by atoms with Gasteiger partial charge in [-0.05, 0) is 73.1 Å². The molecular weight excluding hydrogens is 701 g/mol. The molecule has 3 fully saturated rings. The third kappa shape index (κ3) is 4.70. The Morgan fingerprint density at radius 2 is 1.72 bits per heavy atom. The Kier molecular flexibility index (Phi) is 7.08. The van der Waals surface area contributed by atoms with Gasteiger partial charge in [-0.2, -0.15) is 13.2 Å². The first-order valence-corrected chi connectivity index (χ1v) is 17.4. The molecule has 46 heavy (non-hydrogen) atoms. The summed E-state index contributed by atoms with van der Waals surface area (Å²) in [5, 5.41) is 0.692. The second kappa shape index (κ2) is 10.8. The van der Waals surface area contributed by atoms with Crippen molar-refractivity contribution in [1.82, 2.24) is 4.98 Å². The van der Waals surface area contributed by atoms with E-state index in [2.05, 4.69) is 20.9 Å². The van der Waals surface area contributed by atoms with Gasteiger partial charge in [-0.3, -0.25) is 19.3 Å². The second-order valence-corrected chi connectivity index (χ2v) is 15.6. The Balaban J connectivity index is 1.18. The number of halogens is 4. The monoisotopic (exact) mass is 726 g/mol. The van der Waals surface area contributed by atoms with Crippen LogP contribution in [0.5, 0.6) is 5.75 Å². The molecule has 3 heterocycles. The van der Waals surface area contributed by atoms with Crippen LogP contribution in [0.4, 0.5) is 18.9 Å². The standard InChI is InChI=1S/C34H26BrF3N2O4S2/c1-15-5-7-16(8-6-15)14-44-23-10-9-18(35)12-20(23)24-25-21-13-22(28(25)45-30-29(24)46-33(43)39-30)27-26(21)31(41)40(32(27)42)19-4-2-3-17(11-19)34(36,37)38/h2-12,21-22,24-28H,13-14H2,1H3,(H,39,43)/t21?,22?,24-,25?,26?,27?,28?/m1/s1. The van der Waals surface area contributed by atoms with E-state index in [-0.39, 0.29) is 39.5 Å². The molecule has 1 N–H and O–H groups in total. The molecule has 8 rings (SSSR count). The highest BCUT2D eigenvalue weighted by Gasteiger charge is 2.70. The van der Waals surface area contributed by atoms with Crippen molar-refractivity contribution >= 4 is 56.5 Å². The summed E-state index contributed by atoms with van der Waals surface area (Å²) in [6, 6.07) is 18.4. The zero-order valence-electron chi connectivity index (χ0n) is 24.2. The van der Waals surface area contributed by atoms with Gasteiger partial charge in [-0.1, -0.05) is 63.2 Å². The molecule has 3 aromatic carbocycles. The van der Waals surface area contributed by atoms with E-state index in [1.54, 1.807) is 11.8 Å². The number of carbonyl (C=O) groups is 2. The third-order valence-electron chi connectivity index (χ3n) is 9.98. The number of benzene rings is 3. The fraction of sp³-hybridized carbons (Fsp3) is 0.324. The molecule has 236 valence electrons. The van der Waals surface area contributed by atoms with Crippen molar-refractivity contribution in [2.24, 2.45) is 29.6 Å². The van der Waals surface area contributed by atoms with Gasteiger partial charge in [0.25, 0.3) is 0 Å². The summed E-state index contributed by atoms with van der Waals surface area (Å²) in [7, 11) is 0. The van der Waals surface area contributed by atoms with Gasteiger partial charge >= 0.3 is 11.0 Å². The number of H-pyrrole nitrogens is 1. The van der Waals surface area contributed by atoms with Gasteiger partial charge in [0.05, 0.1) is 28.1 Å². The molecular formula is C34H26BrF3N2O4S2. The van der Waals surface area contributed by atoms with Crippen LogP contribution in [0.2, 0.25) is 0 Å². The van der Waals surface area contributed by atoms with Gasteiger partial charge in [-0.15, -0.1) is 11.8 Å². The van der Waals surface area contributed by atoms with Crippen molar-refractivity contribution in [2.75, 3.05) is 4.90 Å². The number of carbonyl (C=O) groups excluding carboxylic acids is 2. The number of thioether (sulfide) groups is 1. The van der Waals surface area contributed by atoms with Crippen molar-refractivity contribution in [1.29, 1.82) is 0 Å². The lowest BCUT2D eigenvalue weighted by atomic mass is 9.68. The molecule has 0 spiro atoms. The average Bonchev–Trinajstić information content (AvgIpc) is 3.75. The molecule has 4 aromatic rings. The number of alkyl halides is 3. The van der Waals surface area contributed by atoms with Crippen LogP contribution in [0, 0.1) is 36.5 Å². The Bertz CT molecular complexity index is 1960. The number of aromatic amines is 1. The lowest BCUT2D eigenvalue weighted by molar-refractivity contribution is -0.137. The molecule has 1 aromatic heterocycles. The van der Waals surface area contributed by atoms with E-state index >= 15 is 0 Å². The van der Waals surface area contributed by atoms with Crippen molar-refractivity contribution in [3.63, 3.8) is 0 Å². The van der Waals surface area contributed by atoms with E-state index < -0.39 is 35.4 Å². The molecule has 2 amide bonds. The zero-order valence-corrected chi connectivity index (χ0v) is 27.4. The lowest BCUT2D eigenvalue weighted by Crippen LogP contribution is -2.42. The van der Waals surface area contributed by atoms with Crippen LogP contribution >= 0.6 is 39.0 Å². The molecule has 2 aliphatic carbocycles. The number of aromatic nitrogens is 1. The minimum Gasteiger partial charge on any atom is -0.489 e. The number of hydrogen-bond acceptors (Lipinski definition) is 6. The number of ether oxygens (including phenoxy) is 1. The van der Waals surface area contributed by atoms with Crippen LogP contribution in [0.3, 0.4) is 0 Å². The largest absolute Gasteiger partial charge is 0.489 e. The molecule has 12 heteroatoms. The minimum absolute atomic E-state index is 0.0481. The van der Waals surface area contributed by atoms with E-state index in [4.69, 9.17) is 4.74 Å². The van der Waals surface area contributed by atoms with Gasteiger partial charge in [0.1, 0.15) is 12.4 Å². The number of imide groups is 1. The number of rotatable bonds is 5. The fourth-order valence-electron chi connectivity index (χ4n) is 8.18. The van der Waals surface area contributed by atoms with E-state index in [1.165, 1.54) is 12.1 Å². The number of hydrogen-bond donors (Lipinski definition) is 1. The zero-order chi connectivity index (χ0) is 32.1. The normalized spacial score (nSPS) is 27.9. The number of anilines is 1. The van der Waals surface area contributed by atoms with Crippen molar-refractivity contribution < 1.29 is 27.5 Å². The third-order valence-corrected chi connectivity index (χ3v) is 13.1. The average molecular weight is 728 g/mol. The van der Waals surface area contributed by atoms with Gasteiger partial charge in [0.2, 0.25) is 11.8 Å². The number of aryl methyl sites for hydroxylation is 1. The van der Waals surface area contributed by atoms with Crippen molar-refractivity contribution in [2.45, 2.75) is 42.3 Å². The SMILES string of the molecule is Cc1ccc(COc2ccc(Br)cc2[C@H]2c3sc(=O)[nH]c3SC3C4CC(C5C(=O)N(c6cccc(C(F)(F)F)c6)C(=O)C45)C32)cc1. The smallest absolute Gasteiger partial charge is 0.416 e. The summed E-state index contributed by atoms with van der Waals surface area (Å²) in [6.45, 7) is 2.37. The second-order valence-electron chi connectivity index (χ2n) is 12.5. The Hall–Kier alpha value is -3.35. The van der Waals surface area contributed by atoms with E-state index in [0.29, 0.717) is 18.8 Å². The highest BCUT2D eigenvalue weighted by molar-refractivity contribution is 9.10. The molecule has 6 unspecified atom stereocenters. The minimum atomic E-state index is -4.60. The van der Waals surface area contributed by atoms with Crippen molar-refractivity contribution in [3.05, 3.63) is 108 Å². The number of thiazole rings is 1. The summed E-state index contributed by atoms with van der Waals surface area (Å²) in [4.78, 5) is 45.4. The Morgan fingerprint density at radius 3 is 2.46 bits per heavy atom. The van der Waals surface area contributed by atoms with E-state index in [1.807, 2.05) is 49.4 Å². The van der Waals surface area contributed by atoms with Crippen LogP contribution in [-0.2, 0) is 22.4 Å². The molecule has 2 saturated carbocycles. The fourth-order valence-corrected chi connectivity index (χ4v) is 11.4. The summed E-state index contributed by atoms with van der Waals surface area (Å²) in [6.07, 6.45) is -3.94. The summed E-state index contributed by atoms with van der Waals surface area (Å²) in [5.41, 5.74) is 2.10. The van der Waals surface area contributed by atoms with Gasteiger partial charge in [-0.25, -0.2) is 0 Å². The maximum Gasteiger partial charge on any atom is 0.416 e. The number of fused-ring (bicyclic) bond motifs is 9. The lowest BCUT2D eigenvalue weighted by Gasteiger charge is -2.43. The molecule has 0 radical (unpaired) electrons. The maximum atomic E-state index is 14.1. The molecule has 2 bridgehead atoms. The summed E-state index contributed by atoms with van der Waals surface area (Å²) in [5.74, 6) is -2.20. The van der Waals surface area contributed by atoms with Crippen LogP contribution in [0.15, 0.2) is 81.0 Å². The highest BCUT2D eigenvalue weighted by atomic mass is 79.9. The van der Waals surface area contributed by atoms with Gasteiger partial charge in [0, 0.05) is 26.1 Å². The van der Waals surface area contributed by atoms with Gasteiger partial charge in [0.15, 0.2) is 0 Å². The predicted octanol–water partition coefficient (Wildman–Crippen LogP) is 7.78. The van der Waals surface area contributed by atoms with Gasteiger partial charge < -0.3 is 9.72 Å². The first-order valence-electron chi connectivity index (χ1n) is 14.9. The van der Waals surface area contributed by atoms with Crippen LogP contribution in [-0.4, -0.2) is 22.0 Å². The van der Waals surface area contributed by atoms with Crippen LogP contribution in [0.1, 0.15) is 39.5 Å². The molecule has 6 nitrogen and oxygen atoms in total. The quantitative estimate of drug-likeness (QED) is 0.213. The first kappa shape index (κ1) is 30.0. The van der Waals surface area contributed by atoms with E-state index in [0.717, 1.165) is 59.4 Å². The van der Waals surface area contributed by atoms with Crippen molar-refractivity contribution in [3.8, 4) is 5.75 Å². The predicted molar refractivity (Wildman–Crippen MR) is 172 cm³/mol. The topological polar surface area (TPSA) is 79.5 Å². The van der Waals surface area contributed by atoms with E-state index in [9.17, 15) is 27.6 Å². The molecule has 4 aliphatic rings. The number of nitrogens with zero attached hydrogens (tertiary/aromatic N) is 1.